The van der Waals surface area contributed by atoms with Crippen molar-refractivity contribution in [3.8, 4) is 0 Å². The second-order valence-electron chi connectivity index (χ2n) is 4.87. The molecule has 0 spiro atoms. The molecule has 0 aliphatic rings. The summed E-state index contributed by atoms with van der Waals surface area (Å²) in [6.07, 6.45) is 1.09. The van der Waals surface area contributed by atoms with Crippen LogP contribution in [0.25, 0.3) is 0 Å². The number of aliphatic hydroxyl groups is 1. The Bertz CT molecular complexity index is 454. The van der Waals surface area contributed by atoms with Gasteiger partial charge >= 0.3 is 0 Å². The standard InChI is InChI=1S/C16H23NO2/c1-5-17(15-9-7-6-8-12(15)2)16(19)13(3)10-11-14(4)18/h6-9,13,18H,4-5,10-11H2,1-3H3. The van der Waals surface area contributed by atoms with Gasteiger partial charge in [-0.3, -0.25) is 4.79 Å². The molecule has 0 aromatic heterocycles. The SMILES string of the molecule is C=C(O)CCC(C)C(=O)N(CC)c1ccccc1C. The van der Waals surface area contributed by atoms with Gasteiger partial charge in [-0.15, -0.1) is 0 Å². The topological polar surface area (TPSA) is 40.5 Å². The quantitative estimate of drug-likeness (QED) is 0.790. The lowest BCUT2D eigenvalue weighted by Crippen LogP contribution is -2.35. The van der Waals surface area contributed by atoms with E-state index in [1.54, 1.807) is 4.90 Å². The minimum absolute atomic E-state index is 0.0954. The highest BCUT2D eigenvalue weighted by atomic mass is 16.3. The van der Waals surface area contributed by atoms with E-state index in [1.807, 2.05) is 45.0 Å². The number of anilines is 1. The van der Waals surface area contributed by atoms with Crippen LogP contribution in [-0.4, -0.2) is 17.6 Å². The number of benzene rings is 1. The Hall–Kier alpha value is -1.77. The van der Waals surface area contributed by atoms with Crippen molar-refractivity contribution in [1.82, 2.24) is 0 Å². The van der Waals surface area contributed by atoms with Crippen LogP contribution < -0.4 is 4.90 Å². The Balaban J connectivity index is 2.82. The van der Waals surface area contributed by atoms with Crippen LogP contribution in [0.2, 0.25) is 0 Å². The summed E-state index contributed by atoms with van der Waals surface area (Å²) in [7, 11) is 0. The first kappa shape index (κ1) is 15.3. The molecule has 1 N–H and O–H groups in total. The molecule has 19 heavy (non-hydrogen) atoms. The summed E-state index contributed by atoms with van der Waals surface area (Å²) in [6.45, 7) is 9.98. The van der Waals surface area contributed by atoms with Gasteiger partial charge in [0.25, 0.3) is 0 Å². The number of hydrogen-bond donors (Lipinski definition) is 1. The maximum atomic E-state index is 12.5. The molecule has 0 radical (unpaired) electrons. The molecule has 0 aliphatic heterocycles. The van der Waals surface area contributed by atoms with Crippen molar-refractivity contribution in [2.75, 3.05) is 11.4 Å². The van der Waals surface area contributed by atoms with Gasteiger partial charge in [-0.05, 0) is 31.9 Å². The van der Waals surface area contributed by atoms with E-state index in [4.69, 9.17) is 5.11 Å². The van der Waals surface area contributed by atoms with Crippen molar-refractivity contribution in [1.29, 1.82) is 0 Å². The number of nitrogens with zero attached hydrogens (tertiary/aromatic N) is 1. The van der Waals surface area contributed by atoms with Crippen LogP contribution in [0.3, 0.4) is 0 Å². The Morgan fingerprint density at radius 3 is 2.58 bits per heavy atom. The van der Waals surface area contributed by atoms with Gasteiger partial charge in [0.2, 0.25) is 5.91 Å². The second kappa shape index (κ2) is 6.98. The summed E-state index contributed by atoms with van der Waals surface area (Å²) < 4.78 is 0. The maximum absolute atomic E-state index is 12.5. The van der Waals surface area contributed by atoms with E-state index in [0.29, 0.717) is 19.4 Å². The Kier molecular flexibility index (Phi) is 5.61. The summed E-state index contributed by atoms with van der Waals surface area (Å²) in [6, 6.07) is 7.88. The molecule has 3 heteroatoms. The van der Waals surface area contributed by atoms with Crippen LogP contribution in [0, 0.1) is 12.8 Å². The van der Waals surface area contributed by atoms with E-state index >= 15 is 0 Å². The predicted molar refractivity (Wildman–Crippen MR) is 79.4 cm³/mol. The number of rotatable bonds is 6. The fraction of sp³-hybridized carbons (Fsp3) is 0.438. The highest BCUT2D eigenvalue weighted by Gasteiger charge is 2.21. The molecule has 1 rings (SSSR count). The van der Waals surface area contributed by atoms with Crippen molar-refractivity contribution >= 4 is 11.6 Å². The lowest BCUT2D eigenvalue weighted by molar-refractivity contribution is -0.122. The molecular formula is C16H23NO2. The minimum Gasteiger partial charge on any atom is -0.513 e. The highest BCUT2D eigenvalue weighted by molar-refractivity contribution is 5.95. The van der Waals surface area contributed by atoms with Gasteiger partial charge in [0, 0.05) is 24.6 Å². The molecule has 1 aromatic rings. The second-order valence-corrected chi connectivity index (χ2v) is 4.87. The molecule has 1 atom stereocenters. The van der Waals surface area contributed by atoms with E-state index in [2.05, 4.69) is 6.58 Å². The van der Waals surface area contributed by atoms with Gasteiger partial charge in [-0.2, -0.15) is 0 Å². The number of para-hydroxylation sites is 1. The van der Waals surface area contributed by atoms with Gasteiger partial charge in [-0.1, -0.05) is 31.7 Å². The van der Waals surface area contributed by atoms with Crippen LogP contribution in [0.5, 0.6) is 0 Å². The molecule has 1 aromatic carbocycles. The molecule has 3 nitrogen and oxygen atoms in total. The largest absolute Gasteiger partial charge is 0.513 e. The van der Waals surface area contributed by atoms with Crippen molar-refractivity contribution < 1.29 is 9.90 Å². The van der Waals surface area contributed by atoms with E-state index in [-0.39, 0.29) is 17.6 Å². The van der Waals surface area contributed by atoms with Crippen molar-refractivity contribution in [3.05, 3.63) is 42.2 Å². The molecule has 0 saturated heterocycles. The number of carbonyl (C=O) groups is 1. The number of aryl methyl sites for hydroxylation is 1. The third-order valence-electron chi connectivity index (χ3n) is 3.28. The zero-order valence-electron chi connectivity index (χ0n) is 12.0. The average Bonchev–Trinajstić information content (AvgIpc) is 2.38. The predicted octanol–water partition coefficient (Wildman–Crippen LogP) is 3.84. The van der Waals surface area contributed by atoms with Crippen LogP contribution >= 0.6 is 0 Å². The number of allylic oxidation sites excluding steroid dienone is 1. The van der Waals surface area contributed by atoms with E-state index in [1.165, 1.54) is 0 Å². The summed E-state index contributed by atoms with van der Waals surface area (Å²) >= 11 is 0. The normalized spacial score (nSPS) is 11.9. The summed E-state index contributed by atoms with van der Waals surface area (Å²) in [4.78, 5) is 14.3. The summed E-state index contributed by atoms with van der Waals surface area (Å²) in [5, 5.41) is 9.12. The van der Waals surface area contributed by atoms with Crippen LogP contribution in [0.15, 0.2) is 36.6 Å². The van der Waals surface area contributed by atoms with Gasteiger partial charge in [-0.25, -0.2) is 0 Å². The zero-order valence-corrected chi connectivity index (χ0v) is 12.0. The maximum Gasteiger partial charge on any atom is 0.229 e. The lowest BCUT2D eigenvalue weighted by Gasteiger charge is -2.26. The first-order chi connectivity index (χ1) is 8.97. The van der Waals surface area contributed by atoms with Gasteiger partial charge in [0.15, 0.2) is 0 Å². The van der Waals surface area contributed by atoms with Crippen molar-refractivity contribution in [3.63, 3.8) is 0 Å². The Labute approximate surface area is 115 Å². The first-order valence-electron chi connectivity index (χ1n) is 6.71. The molecule has 104 valence electrons. The van der Waals surface area contributed by atoms with Crippen molar-refractivity contribution in [2.45, 2.75) is 33.6 Å². The van der Waals surface area contributed by atoms with E-state index in [0.717, 1.165) is 11.3 Å². The molecular weight excluding hydrogens is 238 g/mol. The number of amides is 1. The molecule has 0 fully saturated rings. The van der Waals surface area contributed by atoms with Gasteiger partial charge in [0.05, 0.1) is 5.76 Å². The number of hydrogen-bond acceptors (Lipinski definition) is 2. The molecule has 0 saturated carbocycles. The Morgan fingerprint density at radius 2 is 2.05 bits per heavy atom. The smallest absolute Gasteiger partial charge is 0.229 e. The molecule has 1 unspecified atom stereocenters. The van der Waals surface area contributed by atoms with Crippen LogP contribution in [0.4, 0.5) is 5.69 Å². The van der Waals surface area contributed by atoms with Crippen molar-refractivity contribution in [2.24, 2.45) is 5.92 Å². The van der Waals surface area contributed by atoms with E-state index in [9.17, 15) is 4.79 Å². The molecule has 1 amide bonds. The lowest BCUT2D eigenvalue weighted by atomic mass is 10.0. The van der Waals surface area contributed by atoms with Crippen LogP contribution in [0.1, 0.15) is 32.3 Å². The number of carbonyl (C=O) groups excluding carboxylic acids is 1. The summed E-state index contributed by atoms with van der Waals surface area (Å²) in [5.74, 6) is 0.111. The highest BCUT2D eigenvalue weighted by Crippen LogP contribution is 2.22. The molecule has 0 heterocycles. The minimum atomic E-state index is -0.122. The van der Waals surface area contributed by atoms with Gasteiger partial charge in [0.1, 0.15) is 0 Å². The summed E-state index contributed by atoms with van der Waals surface area (Å²) in [5.41, 5.74) is 2.06. The zero-order chi connectivity index (χ0) is 14.4. The molecule has 0 aliphatic carbocycles. The monoisotopic (exact) mass is 261 g/mol. The fourth-order valence-electron chi connectivity index (χ4n) is 2.08. The fourth-order valence-corrected chi connectivity index (χ4v) is 2.08. The first-order valence-corrected chi connectivity index (χ1v) is 6.71. The third-order valence-corrected chi connectivity index (χ3v) is 3.28. The third kappa shape index (κ3) is 4.12. The van der Waals surface area contributed by atoms with E-state index < -0.39 is 0 Å². The van der Waals surface area contributed by atoms with Gasteiger partial charge < -0.3 is 10.0 Å². The van der Waals surface area contributed by atoms with Crippen LogP contribution in [-0.2, 0) is 4.79 Å². The molecule has 0 bridgehead atoms. The Morgan fingerprint density at radius 1 is 1.42 bits per heavy atom. The number of aliphatic hydroxyl groups excluding tert-OH is 1. The average molecular weight is 261 g/mol.